The third-order valence-corrected chi connectivity index (χ3v) is 2.38. The summed E-state index contributed by atoms with van der Waals surface area (Å²) in [6.07, 6.45) is 0. The number of nitro benzene ring substituents is 1. The number of carbonyl (C=O) groups is 1. The van der Waals surface area contributed by atoms with Crippen LogP contribution in [0.3, 0.4) is 0 Å². The molecule has 1 amide bonds. The van der Waals surface area contributed by atoms with Gasteiger partial charge in [0.15, 0.2) is 0 Å². The Morgan fingerprint density at radius 2 is 2.20 bits per heavy atom. The van der Waals surface area contributed by atoms with Gasteiger partial charge in [-0.3, -0.25) is 14.9 Å². The first kappa shape index (κ1) is 11.9. The van der Waals surface area contributed by atoms with E-state index < -0.39 is 4.92 Å². The van der Waals surface area contributed by atoms with Gasteiger partial charge in [0.2, 0.25) is 5.91 Å². The van der Waals surface area contributed by atoms with Gasteiger partial charge in [-0.15, -0.1) is 0 Å². The standard InChI is InChI=1S/C8H6BrClN2O3/c1-4(13)11-8-6(9)2-5(10)3-7(8)12(14)15/h2-3H,1H3,(H,11,13). The number of nitrogens with one attached hydrogen (secondary N) is 1. The summed E-state index contributed by atoms with van der Waals surface area (Å²) in [5.74, 6) is -0.388. The highest BCUT2D eigenvalue weighted by Gasteiger charge is 2.18. The molecule has 5 nitrogen and oxygen atoms in total. The fourth-order valence-electron chi connectivity index (χ4n) is 1.00. The molecule has 0 aliphatic heterocycles. The van der Waals surface area contributed by atoms with Gasteiger partial charge in [0.05, 0.1) is 4.92 Å². The molecule has 0 radical (unpaired) electrons. The second-order valence-corrected chi connectivity index (χ2v) is 4.01. The van der Waals surface area contributed by atoms with Crippen LogP contribution in [0.25, 0.3) is 0 Å². The Kier molecular flexibility index (Phi) is 3.65. The summed E-state index contributed by atoms with van der Waals surface area (Å²) >= 11 is 8.75. The van der Waals surface area contributed by atoms with Crippen LogP contribution < -0.4 is 5.32 Å². The van der Waals surface area contributed by atoms with Gasteiger partial charge in [0.25, 0.3) is 5.69 Å². The molecule has 15 heavy (non-hydrogen) atoms. The summed E-state index contributed by atoms with van der Waals surface area (Å²) < 4.78 is 0.372. The largest absolute Gasteiger partial charge is 0.320 e. The second-order valence-electron chi connectivity index (χ2n) is 2.72. The van der Waals surface area contributed by atoms with Crippen molar-refractivity contribution in [2.75, 3.05) is 5.32 Å². The first-order chi connectivity index (χ1) is 6.91. The summed E-state index contributed by atoms with van der Waals surface area (Å²) in [6.45, 7) is 1.27. The minimum Gasteiger partial charge on any atom is -0.320 e. The number of nitrogens with zero attached hydrogens (tertiary/aromatic N) is 1. The predicted octanol–water partition coefficient (Wildman–Crippen LogP) is 2.97. The highest BCUT2D eigenvalue weighted by atomic mass is 79.9. The van der Waals surface area contributed by atoms with Gasteiger partial charge in [-0.25, -0.2) is 0 Å². The molecule has 1 rings (SSSR count). The third kappa shape index (κ3) is 2.90. The van der Waals surface area contributed by atoms with E-state index in [1.54, 1.807) is 0 Å². The van der Waals surface area contributed by atoms with E-state index in [1.165, 1.54) is 19.1 Å². The predicted molar refractivity (Wildman–Crippen MR) is 60.1 cm³/mol. The molecule has 0 unspecified atom stereocenters. The van der Waals surface area contributed by atoms with E-state index in [-0.39, 0.29) is 22.3 Å². The molecule has 0 spiro atoms. The van der Waals surface area contributed by atoms with Crippen molar-refractivity contribution in [1.29, 1.82) is 0 Å². The van der Waals surface area contributed by atoms with Crippen molar-refractivity contribution in [2.24, 2.45) is 0 Å². The minimum atomic E-state index is -0.609. The summed E-state index contributed by atoms with van der Waals surface area (Å²) in [7, 11) is 0. The van der Waals surface area contributed by atoms with Crippen LogP contribution >= 0.6 is 27.5 Å². The van der Waals surface area contributed by atoms with Crippen molar-refractivity contribution in [3.8, 4) is 0 Å². The molecular formula is C8H6BrClN2O3. The van der Waals surface area contributed by atoms with E-state index in [4.69, 9.17) is 11.6 Å². The molecule has 0 aromatic heterocycles. The number of halogens is 2. The van der Waals surface area contributed by atoms with Crippen LogP contribution in [-0.4, -0.2) is 10.8 Å². The average Bonchev–Trinajstić information content (AvgIpc) is 2.08. The van der Waals surface area contributed by atoms with Crippen LogP contribution in [-0.2, 0) is 4.79 Å². The molecule has 0 atom stereocenters. The number of benzene rings is 1. The zero-order valence-corrected chi connectivity index (χ0v) is 9.92. The molecule has 0 aliphatic rings. The van der Waals surface area contributed by atoms with E-state index in [0.29, 0.717) is 4.47 Å². The van der Waals surface area contributed by atoms with Crippen molar-refractivity contribution in [3.63, 3.8) is 0 Å². The zero-order valence-electron chi connectivity index (χ0n) is 7.58. The lowest BCUT2D eigenvalue weighted by Gasteiger charge is -2.06. The molecule has 0 heterocycles. The van der Waals surface area contributed by atoms with Crippen molar-refractivity contribution in [2.45, 2.75) is 6.92 Å². The Bertz CT molecular complexity index is 436. The van der Waals surface area contributed by atoms with Crippen LogP contribution in [0.2, 0.25) is 5.02 Å². The fourth-order valence-corrected chi connectivity index (χ4v) is 1.90. The number of nitro groups is 1. The number of carbonyl (C=O) groups excluding carboxylic acids is 1. The number of anilines is 1. The molecule has 0 bridgehead atoms. The first-order valence-corrected chi connectivity index (χ1v) is 5.00. The van der Waals surface area contributed by atoms with E-state index >= 15 is 0 Å². The lowest BCUT2D eigenvalue weighted by Crippen LogP contribution is -2.08. The van der Waals surface area contributed by atoms with E-state index in [0.717, 1.165) is 0 Å². The van der Waals surface area contributed by atoms with Gasteiger partial charge in [0, 0.05) is 22.5 Å². The van der Waals surface area contributed by atoms with Gasteiger partial charge in [-0.2, -0.15) is 0 Å². The average molecular weight is 294 g/mol. The molecular weight excluding hydrogens is 287 g/mol. The Morgan fingerprint density at radius 1 is 1.60 bits per heavy atom. The van der Waals surface area contributed by atoms with Gasteiger partial charge in [-0.05, 0) is 22.0 Å². The first-order valence-electron chi connectivity index (χ1n) is 3.83. The minimum absolute atomic E-state index is 0.108. The van der Waals surface area contributed by atoms with Crippen LogP contribution in [0.4, 0.5) is 11.4 Å². The number of rotatable bonds is 2. The normalized spacial score (nSPS) is 9.80. The monoisotopic (exact) mass is 292 g/mol. The molecule has 1 aromatic carbocycles. The van der Waals surface area contributed by atoms with Crippen molar-refractivity contribution >= 4 is 44.8 Å². The number of hydrogen-bond donors (Lipinski definition) is 1. The smallest absolute Gasteiger partial charge is 0.295 e. The molecule has 1 N–H and O–H groups in total. The highest BCUT2D eigenvalue weighted by molar-refractivity contribution is 9.10. The van der Waals surface area contributed by atoms with Gasteiger partial charge < -0.3 is 5.32 Å². The topological polar surface area (TPSA) is 72.2 Å². The number of amides is 1. The van der Waals surface area contributed by atoms with Crippen molar-refractivity contribution in [3.05, 3.63) is 31.7 Å². The second kappa shape index (κ2) is 4.59. The molecule has 0 fully saturated rings. The summed E-state index contributed by atoms with van der Waals surface area (Å²) in [5, 5.41) is 13.3. The molecule has 80 valence electrons. The maximum Gasteiger partial charge on any atom is 0.295 e. The van der Waals surface area contributed by atoms with E-state index in [1.807, 2.05) is 0 Å². The van der Waals surface area contributed by atoms with Gasteiger partial charge >= 0.3 is 0 Å². The van der Waals surface area contributed by atoms with Crippen molar-refractivity contribution < 1.29 is 9.72 Å². The molecule has 0 saturated carbocycles. The Hall–Kier alpha value is -1.14. The van der Waals surface area contributed by atoms with E-state index in [2.05, 4.69) is 21.2 Å². The Morgan fingerprint density at radius 3 is 2.67 bits per heavy atom. The van der Waals surface area contributed by atoms with Crippen LogP contribution in [0.5, 0.6) is 0 Å². The van der Waals surface area contributed by atoms with Gasteiger partial charge in [-0.1, -0.05) is 11.6 Å². The third-order valence-electron chi connectivity index (χ3n) is 1.53. The maximum atomic E-state index is 10.8. The van der Waals surface area contributed by atoms with Crippen LogP contribution in [0.15, 0.2) is 16.6 Å². The summed E-state index contributed by atoms with van der Waals surface area (Å²) in [4.78, 5) is 20.9. The molecule has 0 saturated heterocycles. The molecule has 7 heteroatoms. The van der Waals surface area contributed by atoms with Gasteiger partial charge in [0.1, 0.15) is 5.69 Å². The molecule has 0 aliphatic carbocycles. The van der Waals surface area contributed by atoms with E-state index in [9.17, 15) is 14.9 Å². The fraction of sp³-hybridized carbons (Fsp3) is 0.125. The molecule has 1 aromatic rings. The summed E-state index contributed by atoms with van der Waals surface area (Å²) in [6, 6.07) is 2.65. The Balaban J connectivity index is 3.33. The maximum absolute atomic E-state index is 10.8. The Labute approximate surface area is 98.7 Å². The highest BCUT2D eigenvalue weighted by Crippen LogP contribution is 2.35. The lowest BCUT2D eigenvalue weighted by molar-refractivity contribution is -0.384. The number of hydrogen-bond acceptors (Lipinski definition) is 3. The van der Waals surface area contributed by atoms with Crippen LogP contribution in [0.1, 0.15) is 6.92 Å². The zero-order chi connectivity index (χ0) is 11.6. The lowest BCUT2D eigenvalue weighted by atomic mass is 10.2. The van der Waals surface area contributed by atoms with Crippen molar-refractivity contribution in [1.82, 2.24) is 0 Å². The SMILES string of the molecule is CC(=O)Nc1c(Br)cc(Cl)cc1[N+](=O)[O-]. The quantitative estimate of drug-likeness (QED) is 0.673. The van der Waals surface area contributed by atoms with Crippen LogP contribution in [0, 0.1) is 10.1 Å². The summed E-state index contributed by atoms with van der Waals surface area (Å²) in [5.41, 5.74) is -0.138.